The van der Waals surface area contributed by atoms with Gasteiger partial charge in [0.2, 0.25) is 11.8 Å². The second kappa shape index (κ2) is 12.1. The SMILES string of the molecule is Cn1ccc2cccc(NCCCCCCCCSc3cccc4c3CN(C3CCC(=O)NC3=O)C4=O)c21. The van der Waals surface area contributed by atoms with E-state index in [1.165, 1.54) is 48.7 Å². The first kappa shape index (κ1) is 26.4. The first-order chi connectivity index (χ1) is 18.5. The third-order valence-corrected chi connectivity index (χ3v) is 8.77. The van der Waals surface area contributed by atoms with Gasteiger partial charge in [0, 0.05) is 48.6 Å². The first-order valence-corrected chi connectivity index (χ1v) is 14.7. The summed E-state index contributed by atoms with van der Waals surface area (Å²) in [4.78, 5) is 39.6. The molecular formula is C30H36N4O3S. The zero-order valence-electron chi connectivity index (χ0n) is 22.0. The molecule has 0 spiro atoms. The fourth-order valence-electron chi connectivity index (χ4n) is 5.53. The van der Waals surface area contributed by atoms with Crippen molar-refractivity contribution in [3.05, 3.63) is 59.8 Å². The summed E-state index contributed by atoms with van der Waals surface area (Å²) in [6, 6.07) is 13.9. The van der Waals surface area contributed by atoms with E-state index >= 15 is 0 Å². The molecule has 8 heteroatoms. The third-order valence-electron chi connectivity index (χ3n) is 7.58. The highest BCUT2D eigenvalue weighted by atomic mass is 32.2. The summed E-state index contributed by atoms with van der Waals surface area (Å²) in [5.74, 6) is 0.294. The summed E-state index contributed by atoms with van der Waals surface area (Å²) >= 11 is 1.80. The van der Waals surface area contributed by atoms with E-state index in [0.717, 1.165) is 29.2 Å². The second-order valence-electron chi connectivity index (χ2n) is 10.2. The predicted octanol–water partition coefficient (Wildman–Crippen LogP) is 5.48. The van der Waals surface area contributed by atoms with E-state index in [0.29, 0.717) is 18.5 Å². The van der Waals surface area contributed by atoms with Crippen molar-refractivity contribution in [2.75, 3.05) is 17.6 Å². The molecule has 3 amide bonds. The number of amides is 3. The fraction of sp³-hybridized carbons (Fsp3) is 0.433. The maximum atomic E-state index is 13.0. The molecule has 5 rings (SSSR count). The van der Waals surface area contributed by atoms with Gasteiger partial charge in [-0.05, 0) is 54.8 Å². The zero-order valence-corrected chi connectivity index (χ0v) is 22.8. The number of carbonyl (C=O) groups is 3. The van der Waals surface area contributed by atoms with E-state index in [1.807, 2.05) is 12.1 Å². The Bertz CT molecular complexity index is 1330. The van der Waals surface area contributed by atoms with Crippen LogP contribution in [0.4, 0.5) is 5.69 Å². The minimum absolute atomic E-state index is 0.105. The monoisotopic (exact) mass is 532 g/mol. The van der Waals surface area contributed by atoms with Gasteiger partial charge in [-0.25, -0.2) is 0 Å². The van der Waals surface area contributed by atoms with Crippen LogP contribution in [0.2, 0.25) is 0 Å². The topological polar surface area (TPSA) is 83.4 Å². The van der Waals surface area contributed by atoms with Gasteiger partial charge in [0.15, 0.2) is 0 Å². The van der Waals surface area contributed by atoms with Crippen LogP contribution in [-0.2, 0) is 23.2 Å². The maximum Gasteiger partial charge on any atom is 0.255 e. The average molecular weight is 533 g/mol. The molecule has 0 radical (unpaired) electrons. The summed E-state index contributed by atoms with van der Waals surface area (Å²) in [6.07, 6.45) is 10.0. The number of hydrogen-bond donors (Lipinski definition) is 2. The molecule has 38 heavy (non-hydrogen) atoms. The molecule has 2 N–H and O–H groups in total. The quantitative estimate of drug-likeness (QED) is 0.183. The molecule has 1 aromatic heterocycles. The predicted molar refractivity (Wildman–Crippen MR) is 152 cm³/mol. The minimum Gasteiger partial charge on any atom is -0.383 e. The van der Waals surface area contributed by atoms with Gasteiger partial charge in [0.25, 0.3) is 5.91 Å². The smallest absolute Gasteiger partial charge is 0.255 e. The highest BCUT2D eigenvalue weighted by Gasteiger charge is 2.39. The molecule has 0 aliphatic carbocycles. The Morgan fingerprint density at radius 2 is 1.76 bits per heavy atom. The van der Waals surface area contributed by atoms with Crippen LogP contribution in [0.5, 0.6) is 0 Å². The van der Waals surface area contributed by atoms with Crippen LogP contribution in [0, 0.1) is 0 Å². The number of thioether (sulfide) groups is 1. The number of imide groups is 1. The van der Waals surface area contributed by atoms with Crippen LogP contribution in [0.25, 0.3) is 10.9 Å². The Kier molecular flexibility index (Phi) is 8.37. The number of aromatic nitrogens is 1. The van der Waals surface area contributed by atoms with Gasteiger partial charge in [0.05, 0.1) is 11.2 Å². The third kappa shape index (κ3) is 5.75. The molecule has 1 fully saturated rings. The molecule has 0 saturated carbocycles. The largest absolute Gasteiger partial charge is 0.383 e. The molecule has 200 valence electrons. The van der Waals surface area contributed by atoms with Gasteiger partial charge in [0.1, 0.15) is 6.04 Å². The molecule has 0 bridgehead atoms. The fourth-order valence-corrected chi connectivity index (χ4v) is 6.62. The number of piperidine rings is 1. The van der Waals surface area contributed by atoms with Crippen LogP contribution in [0.15, 0.2) is 53.6 Å². The van der Waals surface area contributed by atoms with Crippen molar-refractivity contribution in [2.24, 2.45) is 7.05 Å². The van der Waals surface area contributed by atoms with E-state index < -0.39 is 6.04 Å². The highest BCUT2D eigenvalue weighted by molar-refractivity contribution is 7.99. The van der Waals surface area contributed by atoms with Gasteiger partial charge in [-0.3, -0.25) is 19.7 Å². The second-order valence-corrected chi connectivity index (χ2v) is 11.4. The molecule has 3 aromatic rings. The van der Waals surface area contributed by atoms with Crippen molar-refractivity contribution in [1.82, 2.24) is 14.8 Å². The number of rotatable bonds is 12. The van der Waals surface area contributed by atoms with Crippen molar-refractivity contribution < 1.29 is 14.4 Å². The average Bonchev–Trinajstić information content (AvgIpc) is 3.46. The molecule has 1 atom stereocenters. The molecule has 7 nitrogen and oxygen atoms in total. The lowest BCUT2D eigenvalue weighted by atomic mass is 10.0. The Morgan fingerprint density at radius 1 is 0.974 bits per heavy atom. The molecule has 2 aromatic carbocycles. The van der Waals surface area contributed by atoms with Crippen molar-refractivity contribution in [3.8, 4) is 0 Å². The van der Waals surface area contributed by atoms with Crippen LogP contribution in [0.1, 0.15) is 67.3 Å². The number of nitrogens with zero attached hydrogens (tertiary/aromatic N) is 2. The van der Waals surface area contributed by atoms with E-state index in [4.69, 9.17) is 0 Å². The molecule has 3 heterocycles. The molecular weight excluding hydrogens is 496 g/mol. The van der Waals surface area contributed by atoms with Crippen LogP contribution >= 0.6 is 11.8 Å². The Balaban J connectivity index is 0.994. The lowest BCUT2D eigenvalue weighted by Crippen LogP contribution is -2.52. The van der Waals surface area contributed by atoms with Crippen molar-refractivity contribution in [3.63, 3.8) is 0 Å². The number of nitrogens with one attached hydrogen (secondary N) is 2. The van der Waals surface area contributed by atoms with Gasteiger partial charge in [-0.15, -0.1) is 11.8 Å². The number of carbonyl (C=O) groups excluding carboxylic acids is 3. The van der Waals surface area contributed by atoms with Crippen LogP contribution < -0.4 is 10.6 Å². The maximum absolute atomic E-state index is 13.0. The highest BCUT2D eigenvalue weighted by Crippen LogP contribution is 2.34. The van der Waals surface area contributed by atoms with Gasteiger partial charge < -0.3 is 14.8 Å². The molecule has 1 saturated heterocycles. The summed E-state index contributed by atoms with van der Waals surface area (Å²) in [7, 11) is 2.09. The number of para-hydroxylation sites is 1. The Hall–Kier alpha value is -3.26. The van der Waals surface area contributed by atoms with Crippen LogP contribution in [-0.4, -0.2) is 45.5 Å². The minimum atomic E-state index is -0.563. The first-order valence-electron chi connectivity index (χ1n) is 13.7. The lowest BCUT2D eigenvalue weighted by Gasteiger charge is -2.29. The van der Waals surface area contributed by atoms with E-state index in [9.17, 15) is 14.4 Å². The van der Waals surface area contributed by atoms with E-state index in [1.54, 1.807) is 16.7 Å². The normalized spacial score (nSPS) is 17.2. The summed E-state index contributed by atoms with van der Waals surface area (Å²) in [6.45, 7) is 1.43. The number of hydrogen-bond acceptors (Lipinski definition) is 5. The standard InChI is InChI=1S/C30H36N4O3S/c1-33-18-16-21-10-8-12-24(28(21)33)31-17-6-4-2-3-5-7-19-38-26-13-9-11-22-23(26)20-34(30(22)37)25-14-15-27(35)32-29(25)36/h8-13,16,18,25,31H,2-7,14-15,17,19-20H2,1H3,(H,32,35,36). The summed E-state index contributed by atoms with van der Waals surface area (Å²) in [5, 5.41) is 7.25. The molecule has 2 aliphatic heterocycles. The molecule has 2 aliphatic rings. The van der Waals surface area contributed by atoms with Gasteiger partial charge in [-0.1, -0.05) is 43.9 Å². The van der Waals surface area contributed by atoms with Crippen molar-refractivity contribution >= 4 is 46.1 Å². The number of benzene rings is 2. The zero-order chi connectivity index (χ0) is 26.5. The van der Waals surface area contributed by atoms with Gasteiger partial charge in [-0.2, -0.15) is 0 Å². The van der Waals surface area contributed by atoms with E-state index in [-0.39, 0.29) is 24.1 Å². The van der Waals surface area contributed by atoms with Crippen LogP contribution in [0.3, 0.4) is 0 Å². The van der Waals surface area contributed by atoms with Gasteiger partial charge >= 0.3 is 0 Å². The number of anilines is 1. The van der Waals surface area contributed by atoms with Crippen molar-refractivity contribution in [1.29, 1.82) is 0 Å². The summed E-state index contributed by atoms with van der Waals surface area (Å²) in [5.41, 5.74) is 4.19. The number of aryl methyl sites for hydroxylation is 1. The van der Waals surface area contributed by atoms with E-state index in [2.05, 4.69) is 58.8 Å². The summed E-state index contributed by atoms with van der Waals surface area (Å²) < 4.78 is 2.17. The molecule has 1 unspecified atom stereocenters. The Morgan fingerprint density at radius 3 is 2.61 bits per heavy atom. The Labute approximate surface area is 228 Å². The number of fused-ring (bicyclic) bond motifs is 2. The van der Waals surface area contributed by atoms with Crippen molar-refractivity contribution in [2.45, 2.75) is 68.8 Å². The lowest BCUT2D eigenvalue weighted by molar-refractivity contribution is -0.136. The number of unbranched alkanes of at least 4 members (excludes halogenated alkanes) is 5.